The lowest BCUT2D eigenvalue weighted by Crippen LogP contribution is -2.04. The maximum Gasteiger partial charge on any atom is 0.164 e. The van der Waals surface area contributed by atoms with Gasteiger partial charge in [0.05, 0.1) is 0 Å². The normalized spacial score (nSPS) is 15.0. The summed E-state index contributed by atoms with van der Waals surface area (Å²) in [6, 6.07) is 63.9. The van der Waals surface area contributed by atoms with Crippen LogP contribution in [0.15, 0.2) is 180 Å². The summed E-state index contributed by atoms with van der Waals surface area (Å²) in [6.07, 6.45) is 13.1. The number of benzene rings is 8. The molecular formula is C61H51N3O. The molecule has 4 nitrogen and oxygen atoms in total. The van der Waals surface area contributed by atoms with Crippen molar-refractivity contribution in [3.05, 3.63) is 187 Å². The van der Waals surface area contributed by atoms with E-state index in [-0.39, 0.29) is 0 Å². The first-order chi connectivity index (χ1) is 32.2. The van der Waals surface area contributed by atoms with E-state index in [1.165, 1.54) is 109 Å². The molecule has 4 heteroatoms. The third-order valence-electron chi connectivity index (χ3n) is 14.3. The van der Waals surface area contributed by atoms with Crippen LogP contribution in [-0.4, -0.2) is 15.0 Å². The summed E-state index contributed by atoms with van der Waals surface area (Å²) in [6.45, 7) is 0. The van der Waals surface area contributed by atoms with Crippen LogP contribution >= 0.6 is 0 Å². The summed E-state index contributed by atoms with van der Waals surface area (Å²) < 4.78 is 6.51. The predicted octanol–water partition coefficient (Wildman–Crippen LogP) is 17.0. The summed E-state index contributed by atoms with van der Waals surface area (Å²) in [4.78, 5) is 15.7. The highest BCUT2D eigenvalue weighted by Gasteiger charge is 2.21. The predicted molar refractivity (Wildman–Crippen MR) is 269 cm³/mol. The molecule has 0 saturated heterocycles. The van der Waals surface area contributed by atoms with E-state index in [4.69, 9.17) is 19.4 Å². The molecule has 2 saturated carbocycles. The molecular weight excluding hydrogens is 791 g/mol. The molecule has 2 fully saturated rings. The van der Waals surface area contributed by atoms with Crippen LogP contribution in [0.3, 0.4) is 0 Å². The van der Waals surface area contributed by atoms with Crippen molar-refractivity contribution in [1.82, 2.24) is 15.0 Å². The molecule has 0 spiro atoms. The largest absolute Gasteiger partial charge is 0.456 e. The lowest BCUT2D eigenvalue weighted by Gasteiger charge is -2.22. The van der Waals surface area contributed by atoms with E-state index in [1.807, 2.05) is 12.1 Å². The maximum absolute atomic E-state index is 6.51. The van der Waals surface area contributed by atoms with Gasteiger partial charge in [0.2, 0.25) is 0 Å². The molecule has 316 valence electrons. The molecule has 0 unspecified atom stereocenters. The van der Waals surface area contributed by atoms with Crippen molar-refractivity contribution in [2.75, 3.05) is 0 Å². The topological polar surface area (TPSA) is 51.8 Å². The first-order valence-corrected chi connectivity index (χ1v) is 23.8. The Morgan fingerprint density at radius 1 is 0.338 bits per heavy atom. The first kappa shape index (κ1) is 39.4. The number of aromatic nitrogens is 3. The van der Waals surface area contributed by atoms with E-state index in [0.29, 0.717) is 29.3 Å². The van der Waals surface area contributed by atoms with E-state index in [2.05, 4.69) is 164 Å². The van der Waals surface area contributed by atoms with E-state index in [0.717, 1.165) is 49.6 Å². The highest BCUT2D eigenvalue weighted by molar-refractivity contribution is 6.15. The smallest absolute Gasteiger partial charge is 0.164 e. The molecule has 8 aromatic carbocycles. The number of nitrogens with zero attached hydrogens (tertiary/aromatic N) is 3. The molecule has 0 aliphatic heterocycles. The van der Waals surface area contributed by atoms with Gasteiger partial charge >= 0.3 is 0 Å². The fourth-order valence-electron chi connectivity index (χ4n) is 10.7. The van der Waals surface area contributed by atoms with E-state index in [1.54, 1.807) is 0 Å². The van der Waals surface area contributed by atoms with Gasteiger partial charge in [0.1, 0.15) is 11.2 Å². The Kier molecular flexibility index (Phi) is 10.4. The van der Waals surface area contributed by atoms with Crippen molar-refractivity contribution in [2.24, 2.45) is 0 Å². The summed E-state index contributed by atoms with van der Waals surface area (Å²) in [5, 5.41) is 4.38. The zero-order valence-electron chi connectivity index (χ0n) is 36.7. The van der Waals surface area contributed by atoms with Gasteiger partial charge in [-0.25, -0.2) is 15.0 Å². The van der Waals surface area contributed by atoms with Crippen LogP contribution in [0, 0.1) is 0 Å². The fourth-order valence-corrected chi connectivity index (χ4v) is 10.7. The van der Waals surface area contributed by atoms with Crippen LogP contribution in [0.25, 0.3) is 100 Å². The number of rotatable bonds is 8. The molecule has 12 rings (SSSR count). The van der Waals surface area contributed by atoms with Gasteiger partial charge in [-0.15, -0.1) is 0 Å². The van der Waals surface area contributed by atoms with Crippen molar-refractivity contribution >= 4 is 32.7 Å². The number of hydrogen-bond acceptors (Lipinski definition) is 4. The highest BCUT2D eigenvalue weighted by atomic mass is 16.3. The van der Waals surface area contributed by atoms with E-state index >= 15 is 0 Å². The van der Waals surface area contributed by atoms with Crippen molar-refractivity contribution in [3.63, 3.8) is 0 Å². The Hall–Kier alpha value is -7.17. The Balaban J connectivity index is 0.950. The third kappa shape index (κ3) is 7.82. The minimum Gasteiger partial charge on any atom is -0.456 e. The summed E-state index contributed by atoms with van der Waals surface area (Å²) in [7, 11) is 0. The Bertz CT molecular complexity index is 3300. The first-order valence-electron chi connectivity index (χ1n) is 23.8. The molecule has 0 bridgehead atoms. The fraction of sp³-hybridized carbons (Fsp3) is 0.197. The van der Waals surface area contributed by atoms with E-state index in [9.17, 15) is 0 Å². The summed E-state index contributed by atoms with van der Waals surface area (Å²) >= 11 is 0. The molecule has 2 heterocycles. The lowest BCUT2D eigenvalue weighted by atomic mass is 9.83. The SMILES string of the molecule is c1ccc(-c2cc(-c3ccc(-c4nc(-c5ccc(C6CCCCC6)cc5)nc(-c5cccc6oc7cc8ccccc8cc7c56)n4)cc3)cc(-c3ccc(C4CCCCC4)cc3)c2)cc1. The Morgan fingerprint density at radius 2 is 0.800 bits per heavy atom. The second-order valence-corrected chi connectivity index (χ2v) is 18.4. The van der Waals surface area contributed by atoms with Crippen molar-refractivity contribution in [2.45, 2.75) is 76.0 Å². The van der Waals surface area contributed by atoms with Crippen molar-refractivity contribution < 1.29 is 4.42 Å². The van der Waals surface area contributed by atoms with Gasteiger partial charge < -0.3 is 4.42 Å². The van der Waals surface area contributed by atoms with Gasteiger partial charge in [0, 0.05) is 27.5 Å². The van der Waals surface area contributed by atoms with Gasteiger partial charge in [-0.05, 0) is 129 Å². The summed E-state index contributed by atoms with van der Waals surface area (Å²) in [5.74, 6) is 3.24. The molecule has 0 atom stereocenters. The van der Waals surface area contributed by atoms with Crippen LogP contribution in [0.1, 0.15) is 87.2 Å². The van der Waals surface area contributed by atoms with Gasteiger partial charge in [0.15, 0.2) is 17.5 Å². The molecule has 2 aliphatic rings. The molecule has 0 radical (unpaired) electrons. The zero-order chi connectivity index (χ0) is 43.1. The summed E-state index contributed by atoms with van der Waals surface area (Å²) in [5.41, 5.74) is 14.6. The van der Waals surface area contributed by atoms with Crippen molar-refractivity contribution in [1.29, 1.82) is 0 Å². The quantitative estimate of drug-likeness (QED) is 0.153. The van der Waals surface area contributed by atoms with E-state index < -0.39 is 0 Å². The third-order valence-corrected chi connectivity index (χ3v) is 14.3. The molecule has 0 N–H and O–H groups in total. The number of fused-ring (bicyclic) bond motifs is 4. The van der Waals surface area contributed by atoms with Crippen molar-refractivity contribution in [3.8, 4) is 67.5 Å². The Labute approximate surface area is 381 Å². The molecule has 10 aromatic rings. The average molecular weight is 842 g/mol. The second kappa shape index (κ2) is 17.1. The van der Waals surface area contributed by atoms with Crippen LogP contribution in [-0.2, 0) is 0 Å². The zero-order valence-corrected chi connectivity index (χ0v) is 36.7. The highest BCUT2D eigenvalue weighted by Crippen LogP contribution is 2.40. The van der Waals surface area contributed by atoms with Gasteiger partial charge in [-0.3, -0.25) is 0 Å². The monoisotopic (exact) mass is 841 g/mol. The average Bonchev–Trinajstić information content (AvgIpc) is 3.76. The maximum atomic E-state index is 6.51. The van der Waals surface area contributed by atoms with Crippen LogP contribution < -0.4 is 0 Å². The minimum absolute atomic E-state index is 0.625. The van der Waals surface area contributed by atoms with Gasteiger partial charge in [-0.2, -0.15) is 0 Å². The molecule has 65 heavy (non-hydrogen) atoms. The molecule has 2 aromatic heterocycles. The van der Waals surface area contributed by atoms with Gasteiger partial charge in [0.25, 0.3) is 0 Å². The standard InChI is InChI=1S/C61H51N3O/c1-4-13-40(14-5-1)43-23-25-45(26-24-43)52-35-51(42-17-8-3-9-18-42)36-53(37-52)46-29-33-48(34-30-46)60-62-59(47-31-27-44(28-32-47)41-15-6-2-7-16-41)63-61(64-60)54-21-12-22-56-58(54)55-38-49-19-10-11-20-50(49)39-57(55)65-56/h3,8-12,17-41H,1-2,4-7,13-16H2. The van der Waals surface area contributed by atoms with Gasteiger partial charge in [-0.1, -0.05) is 178 Å². The molecule has 2 aliphatic carbocycles. The number of hydrogen-bond donors (Lipinski definition) is 0. The molecule has 0 amide bonds. The minimum atomic E-state index is 0.625. The number of furan rings is 1. The van der Waals surface area contributed by atoms with Crippen LogP contribution in [0.2, 0.25) is 0 Å². The lowest BCUT2D eigenvalue weighted by molar-refractivity contribution is 0.443. The van der Waals surface area contributed by atoms with Crippen LogP contribution in [0.5, 0.6) is 0 Å². The second-order valence-electron chi connectivity index (χ2n) is 18.4. The van der Waals surface area contributed by atoms with Crippen LogP contribution in [0.4, 0.5) is 0 Å². The Morgan fingerprint density at radius 3 is 1.37 bits per heavy atom.